The Kier molecular flexibility index (Phi) is 7.04. The molecule has 1 aromatic carbocycles. The number of unbranched alkanes of at least 4 members (excludes halogenated alkanes) is 1. The van der Waals surface area contributed by atoms with Gasteiger partial charge >= 0.3 is 12.0 Å². The molecule has 2 N–H and O–H groups in total. The topological polar surface area (TPSA) is 91.0 Å². The quantitative estimate of drug-likeness (QED) is 0.742. The number of carbonyl (C=O) groups excluding carboxylic acids is 3. The second-order valence-corrected chi connectivity index (χ2v) is 6.69. The SMILES string of the molecule is CCCCC1C(=O)NCCN1C(=O)Nc1ccc(C(=O)OC)cc1N(C)C. The number of nitrogens with zero attached hydrogens (tertiary/aromatic N) is 2. The van der Waals surface area contributed by atoms with Crippen molar-refractivity contribution in [3.63, 3.8) is 0 Å². The van der Waals surface area contributed by atoms with Crippen molar-refractivity contribution >= 4 is 29.3 Å². The molecule has 1 saturated heterocycles. The molecule has 0 spiro atoms. The maximum absolute atomic E-state index is 12.9. The van der Waals surface area contributed by atoms with Crippen molar-refractivity contribution < 1.29 is 19.1 Å². The van der Waals surface area contributed by atoms with Gasteiger partial charge in [0, 0.05) is 27.2 Å². The molecule has 1 atom stereocenters. The Balaban J connectivity index is 2.22. The van der Waals surface area contributed by atoms with E-state index in [0.29, 0.717) is 36.4 Å². The molecular formula is C19H28N4O4. The van der Waals surface area contributed by atoms with Crippen LogP contribution in [0.2, 0.25) is 0 Å². The van der Waals surface area contributed by atoms with Crippen molar-refractivity contribution in [2.75, 3.05) is 44.5 Å². The van der Waals surface area contributed by atoms with Gasteiger partial charge in [-0.25, -0.2) is 9.59 Å². The van der Waals surface area contributed by atoms with E-state index in [-0.39, 0.29) is 11.9 Å². The van der Waals surface area contributed by atoms with E-state index in [9.17, 15) is 14.4 Å². The van der Waals surface area contributed by atoms with Gasteiger partial charge in [-0.05, 0) is 24.6 Å². The minimum absolute atomic E-state index is 0.112. The molecule has 1 aromatic rings. The summed E-state index contributed by atoms with van der Waals surface area (Å²) in [7, 11) is 4.97. The maximum Gasteiger partial charge on any atom is 0.337 e. The minimum atomic E-state index is -0.462. The van der Waals surface area contributed by atoms with Crippen LogP contribution < -0.4 is 15.5 Å². The van der Waals surface area contributed by atoms with Crippen LogP contribution in [0.3, 0.4) is 0 Å². The minimum Gasteiger partial charge on any atom is -0.465 e. The van der Waals surface area contributed by atoms with Gasteiger partial charge in [-0.1, -0.05) is 19.8 Å². The highest BCUT2D eigenvalue weighted by Gasteiger charge is 2.32. The summed E-state index contributed by atoms with van der Waals surface area (Å²) >= 11 is 0. The number of rotatable bonds is 6. The molecule has 1 aliphatic rings. The third kappa shape index (κ3) is 4.90. The first kappa shape index (κ1) is 20.5. The number of urea groups is 1. The normalized spacial score (nSPS) is 16.5. The van der Waals surface area contributed by atoms with Crippen LogP contribution in [-0.2, 0) is 9.53 Å². The zero-order valence-corrected chi connectivity index (χ0v) is 16.4. The number of carbonyl (C=O) groups is 3. The van der Waals surface area contributed by atoms with Crippen LogP contribution in [-0.4, -0.2) is 63.1 Å². The van der Waals surface area contributed by atoms with E-state index in [1.807, 2.05) is 14.1 Å². The Morgan fingerprint density at radius 3 is 2.74 bits per heavy atom. The van der Waals surface area contributed by atoms with Crippen LogP contribution in [0, 0.1) is 0 Å². The van der Waals surface area contributed by atoms with Crippen molar-refractivity contribution in [3.05, 3.63) is 23.8 Å². The first-order chi connectivity index (χ1) is 12.9. The molecule has 0 radical (unpaired) electrons. The summed E-state index contributed by atoms with van der Waals surface area (Å²) in [5.74, 6) is -0.554. The lowest BCUT2D eigenvalue weighted by Gasteiger charge is -2.35. The number of amides is 3. The molecule has 8 nitrogen and oxygen atoms in total. The third-order valence-corrected chi connectivity index (χ3v) is 4.57. The van der Waals surface area contributed by atoms with Crippen LogP contribution in [0.15, 0.2) is 18.2 Å². The second kappa shape index (κ2) is 9.25. The molecule has 0 saturated carbocycles. The van der Waals surface area contributed by atoms with E-state index in [1.54, 1.807) is 28.0 Å². The number of benzene rings is 1. The zero-order chi connectivity index (χ0) is 20.0. The highest BCUT2D eigenvalue weighted by molar-refractivity contribution is 5.98. The van der Waals surface area contributed by atoms with E-state index in [4.69, 9.17) is 4.74 Å². The predicted molar refractivity (Wildman–Crippen MR) is 104 cm³/mol. The lowest BCUT2D eigenvalue weighted by molar-refractivity contribution is -0.127. The average molecular weight is 376 g/mol. The van der Waals surface area contributed by atoms with E-state index >= 15 is 0 Å². The van der Waals surface area contributed by atoms with Crippen molar-refractivity contribution in [1.82, 2.24) is 10.2 Å². The molecule has 0 aromatic heterocycles. The standard InChI is InChI=1S/C19H28N4O4/c1-5-6-7-15-17(24)20-10-11-23(15)19(26)21-14-9-8-13(18(25)27-4)12-16(14)22(2)3/h8-9,12,15H,5-7,10-11H2,1-4H3,(H,20,24)(H,21,26). The molecule has 0 bridgehead atoms. The Morgan fingerprint density at radius 1 is 1.37 bits per heavy atom. The van der Waals surface area contributed by atoms with Gasteiger partial charge in [0.05, 0.1) is 24.0 Å². The lowest BCUT2D eigenvalue weighted by Crippen LogP contribution is -2.58. The van der Waals surface area contributed by atoms with Crippen LogP contribution >= 0.6 is 0 Å². The van der Waals surface area contributed by atoms with Gasteiger partial charge in [0.25, 0.3) is 0 Å². The fraction of sp³-hybridized carbons (Fsp3) is 0.526. The Hall–Kier alpha value is -2.77. The molecule has 1 heterocycles. The van der Waals surface area contributed by atoms with Gasteiger partial charge in [0.2, 0.25) is 5.91 Å². The molecule has 3 amide bonds. The monoisotopic (exact) mass is 376 g/mol. The first-order valence-electron chi connectivity index (χ1n) is 9.14. The van der Waals surface area contributed by atoms with Crippen LogP contribution in [0.1, 0.15) is 36.5 Å². The maximum atomic E-state index is 12.9. The largest absolute Gasteiger partial charge is 0.465 e. The van der Waals surface area contributed by atoms with Crippen molar-refractivity contribution in [1.29, 1.82) is 0 Å². The third-order valence-electron chi connectivity index (χ3n) is 4.57. The Labute approximate surface area is 159 Å². The molecule has 148 valence electrons. The van der Waals surface area contributed by atoms with Crippen molar-refractivity contribution in [2.45, 2.75) is 32.2 Å². The smallest absolute Gasteiger partial charge is 0.337 e. The molecule has 1 unspecified atom stereocenters. The van der Waals surface area contributed by atoms with E-state index in [0.717, 1.165) is 12.8 Å². The molecule has 27 heavy (non-hydrogen) atoms. The highest BCUT2D eigenvalue weighted by Crippen LogP contribution is 2.27. The number of methoxy groups -OCH3 is 1. The van der Waals surface area contributed by atoms with Crippen LogP contribution in [0.4, 0.5) is 16.2 Å². The number of anilines is 2. The van der Waals surface area contributed by atoms with Gasteiger partial charge in [-0.15, -0.1) is 0 Å². The van der Waals surface area contributed by atoms with E-state index < -0.39 is 12.0 Å². The predicted octanol–water partition coefficient (Wildman–Crippen LogP) is 2.06. The van der Waals surface area contributed by atoms with Gasteiger partial charge < -0.3 is 25.2 Å². The fourth-order valence-electron chi connectivity index (χ4n) is 3.08. The molecule has 0 aliphatic carbocycles. The number of hydrogen-bond donors (Lipinski definition) is 2. The second-order valence-electron chi connectivity index (χ2n) is 6.69. The average Bonchev–Trinajstić information content (AvgIpc) is 2.66. The van der Waals surface area contributed by atoms with E-state index in [2.05, 4.69) is 17.6 Å². The Morgan fingerprint density at radius 2 is 2.11 bits per heavy atom. The van der Waals surface area contributed by atoms with Crippen molar-refractivity contribution in [3.8, 4) is 0 Å². The van der Waals surface area contributed by atoms with Crippen molar-refractivity contribution in [2.24, 2.45) is 0 Å². The number of hydrogen-bond acceptors (Lipinski definition) is 5. The summed E-state index contributed by atoms with van der Waals surface area (Å²) in [6, 6.07) is 4.16. The molecular weight excluding hydrogens is 348 g/mol. The van der Waals surface area contributed by atoms with E-state index in [1.165, 1.54) is 7.11 Å². The summed E-state index contributed by atoms with van der Waals surface area (Å²) in [6.07, 6.45) is 2.47. The summed E-state index contributed by atoms with van der Waals surface area (Å²) in [4.78, 5) is 40.2. The lowest BCUT2D eigenvalue weighted by atomic mass is 10.1. The summed E-state index contributed by atoms with van der Waals surface area (Å²) in [6.45, 7) is 2.96. The molecule has 1 aliphatic heterocycles. The van der Waals surface area contributed by atoms with Gasteiger partial charge in [0.15, 0.2) is 0 Å². The van der Waals surface area contributed by atoms with Gasteiger partial charge in [0.1, 0.15) is 6.04 Å². The van der Waals surface area contributed by atoms with Crippen LogP contribution in [0.5, 0.6) is 0 Å². The van der Waals surface area contributed by atoms with Crippen LogP contribution in [0.25, 0.3) is 0 Å². The highest BCUT2D eigenvalue weighted by atomic mass is 16.5. The number of esters is 1. The summed E-state index contributed by atoms with van der Waals surface area (Å²) in [5.41, 5.74) is 1.65. The first-order valence-corrected chi connectivity index (χ1v) is 9.14. The number of piperazine rings is 1. The zero-order valence-electron chi connectivity index (χ0n) is 16.4. The Bertz CT molecular complexity index is 705. The summed E-state index contributed by atoms with van der Waals surface area (Å²) < 4.78 is 4.75. The molecule has 1 fully saturated rings. The molecule has 8 heteroatoms. The van der Waals surface area contributed by atoms with Gasteiger partial charge in [-0.2, -0.15) is 0 Å². The molecule has 2 rings (SSSR count). The summed E-state index contributed by atoms with van der Waals surface area (Å²) in [5, 5.41) is 5.71. The fourth-order valence-corrected chi connectivity index (χ4v) is 3.08. The van der Waals surface area contributed by atoms with Gasteiger partial charge in [-0.3, -0.25) is 4.79 Å². The number of nitrogens with one attached hydrogen (secondary N) is 2. The number of ether oxygens (including phenoxy) is 1.